The molecule has 1 saturated carbocycles. The van der Waals surface area contributed by atoms with E-state index < -0.39 is 0 Å². The molecule has 4 aliphatic rings. The van der Waals surface area contributed by atoms with Crippen molar-refractivity contribution < 1.29 is 23.9 Å². The molecular weight excluding hydrogens is 374 g/mol. The molecule has 8 nitrogen and oxygen atoms in total. The molecule has 29 heavy (non-hydrogen) atoms. The molecule has 152 valence electrons. The van der Waals surface area contributed by atoms with Gasteiger partial charge in [0.05, 0.1) is 0 Å². The van der Waals surface area contributed by atoms with Crippen LogP contribution in [-0.4, -0.2) is 71.1 Å². The molecule has 3 aliphatic heterocycles. The number of urea groups is 1. The maximum atomic E-state index is 12.6. The van der Waals surface area contributed by atoms with Crippen LogP contribution in [0.3, 0.4) is 0 Å². The summed E-state index contributed by atoms with van der Waals surface area (Å²) in [6, 6.07) is 5.55. The number of hydrogen-bond acceptors (Lipinski definition) is 5. The molecule has 8 heteroatoms. The number of benzene rings is 1. The van der Waals surface area contributed by atoms with E-state index >= 15 is 0 Å². The van der Waals surface area contributed by atoms with Gasteiger partial charge < -0.3 is 19.3 Å². The predicted octanol–water partition coefficient (Wildman–Crippen LogP) is 1.85. The van der Waals surface area contributed by atoms with E-state index in [4.69, 9.17) is 9.47 Å². The van der Waals surface area contributed by atoms with Crippen LogP contribution in [0.25, 0.3) is 6.08 Å². The highest BCUT2D eigenvalue weighted by molar-refractivity contribution is 6.02. The van der Waals surface area contributed by atoms with Crippen LogP contribution >= 0.6 is 0 Å². The molecule has 0 atom stereocenters. The highest BCUT2D eigenvalue weighted by Gasteiger charge is 2.47. The monoisotopic (exact) mass is 397 g/mol. The van der Waals surface area contributed by atoms with Crippen molar-refractivity contribution in [3.05, 3.63) is 29.8 Å². The van der Waals surface area contributed by atoms with Gasteiger partial charge in [-0.1, -0.05) is 6.07 Å². The molecule has 4 amide bonds. The second-order valence-corrected chi connectivity index (χ2v) is 7.91. The molecular formula is C21H23N3O5. The quantitative estimate of drug-likeness (QED) is 0.572. The van der Waals surface area contributed by atoms with E-state index in [1.165, 1.54) is 4.90 Å². The maximum Gasteiger partial charge on any atom is 0.327 e. The molecule has 0 aromatic heterocycles. The topological polar surface area (TPSA) is 79.4 Å². The van der Waals surface area contributed by atoms with Crippen LogP contribution in [-0.2, 0) is 9.59 Å². The van der Waals surface area contributed by atoms with Crippen LogP contribution in [0, 0.1) is 0 Å². The van der Waals surface area contributed by atoms with Crippen molar-refractivity contribution in [2.75, 3.05) is 26.4 Å². The van der Waals surface area contributed by atoms with E-state index in [0.29, 0.717) is 37.4 Å². The molecule has 1 aliphatic carbocycles. The Balaban J connectivity index is 1.16. The largest absolute Gasteiger partial charge is 0.454 e. The number of ether oxygens (including phenoxy) is 2. The van der Waals surface area contributed by atoms with Gasteiger partial charge >= 0.3 is 6.03 Å². The summed E-state index contributed by atoms with van der Waals surface area (Å²) in [7, 11) is 0. The summed E-state index contributed by atoms with van der Waals surface area (Å²) < 4.78 is 10.6. The molecule has 0 bridgehead atoms. The number of amides is 4. The number of carbonyl (C=O) groups excluding carboxylic acids is 3. The molecule has 0 radical (unpaired) electrons. The van der Waals surface area contributed by atoms with Crippen molar-refractivity contribution in [2.45, 2.75) is 37.8 Å². The fourth-order valence-electron chi connectivity index (χ4n) is 4.20. The molecule has 1 aromatic carbocycles. The lowest BCUT2D eigenvalue weighted by Gasteiger charge is -2.35. The van der Waals surface area contributed by atoms with Crippen molar-refractivity contribution >= 4 is 23.9 Å². The number of likely N-dealkylation sites (tertiary alicyclic amines) is 1. The normalized spacial score (nSPS) is 22.3. The number of piperidine rings is 1. The van der Waals surface area contributed by atoms with E-state index in [1.807, 2.05) is 18.2 Å². The van der Waals surface area contributed by atoms with Gasteiger partial charge in [0.25, 0.3) is 5.91 Å². The molecule has 3 fully saturated rings. The summed E-state index contributed by atoms with van der Waals surface area (Å²) in [4.78, 5) is 42.2. The van der Waals surface area contributed by atoms with E-state index in [-0.39, 0.29) is 43.3 Å². The summed E-state index contributed by atoms with van der Waals surface area (Å²) in [6.45, 7) is 1.56. The minimum Gasteiger partial charge on any atom is -0.454 e. The number of nitrogens with zero attached hydrogens (tertiary/aromatic N) is 3. The second-order valence-electron chi connectivity index (χ2n) is 7.91. The van der Waals surface area contributed by atoms with Crippen molar-refractivity contribution in [1.29, 1.82) is 0 Å². The van der Waals surface area contributed by atoms with Gasteiger partial charge in [0.1, 0.15) is 6.54 Å². The van der Waals surface area contributed by atoms with Crippen LogP contribution in [0.4, 0.5) is 4.79 Å². The fourth-order valence-corrected chi connectivity index (χ4v) is 4.20. The minimum atomic E-state index is -0.148. The van der Waals surface area contributed by atoms with Gasteiger partial charge in [0.2, 0.25) is 12.7 Å². The lowest BCUT2D eigenvalue weighted by molar-refractivity contribution is -0.128. The van der Waals surface area contributed by atoms with Crippen molar-refractivity contribution in [3.8, 4) is 11.5 Å². The average molecular weight is 397 g/mol. The first-order valence-corrected chi connectivity index (χ1v) is 10.1. The number of rotatable bonds is 4. The van der Waals surface area contributed by atoms with E-state index in [0.717, 1.165) is 18.4 Å². The Morgan fingerprint density at radius 3 is 2.52 bits per heavy atom. The Labute approximate surface area is 168 Å². The number of carbonyl (C=O) groups is 3. The molecule has 2 saturated heterocycles. The molecule has 0 N–H and O–H groups in total. The fraction of sp³-hybridized carbons (Fsp3) is 0.476. The zero-order valence-electron chi connectivity index (χ0n) is 16.1. The standard InChI is InChI=1S/C21H23N3O5/c25-19(6-2-14-1-5-17-18(11-14)29-13-28-17)22-9-7-15(8-10-22)23-12-20(26)24(21(23)27)16-3-4-16/h1-2,5-6,11,15-16H,3-4,7-10,12-13H2/b6-2+. The van der Waals surface area contributed by atoms with Crippen molar-refractivity contribution in [3.63, 3.8) is 0 Å². The summed E-state index contributed by atoms with van der Waals surface area (Å²) in [5.74, 6) is 1.27. The maximum absolute atomic E-state index is 12.6. The number of imide groups is 1. The predicted molar refractivity (Wildman–Crippen MR) is 103 cm³/mol. The van der Waals surface area contributed by atoms with Gasteiger partial charge in [-0.15, -0.1) is 0 Å². The smallest absolute Gasteiger partial charge is 0.327 e. The van der Waals surface area contributed by atoms with E-state index in [1.54, 1.807) is 22.0 Å². The molecule has 0 unspecified atom stereocenters. The Morgan fingerprint density at radius 2 is 1.76 bits per heavy atom. The van der Waals surface area contributed by atoms with Crippen LogP contribution in [0.15, 0.2) is 24.3 Å². The second kappa shape index (κ2) is 7.09. The zero-order valence-corrected chi connectivity index (χ0v) is 16.1. The van der Waals surface area contributed by atoms with Gasteiger partial charge in [0.15, 0.2) is 11.5 Å². The summed E-state index contributed by atoms with van der Waals surface area (Å²) in [5, 5.41) is 0. The minimum absolute atomic E-state index is 0.0251. The van der Waals surface area contributed by atoms with Gasteiger partial charge in [0, 0.05) is 31.2 Å². The van der Waals surface area contributed by atoms with Crippen LogP contribution in [0.1, 0.15) is 31.2 Å². The Kier molecular flexibility index (Phi) is 4.41. The highest BCUT2D eigenvalue weighted by atomic mass is 16.7. The third-order valence-electron chi connectivity index (χ3n) is 5.97. The van der Waals surface area contributed by atoms with Gasteiger partial charge in [-0.2, -0.15) is 0 Å². The summed E-state index contributed by atoms with van der Waals surface area (Å²) in [5.41, 5.74) is 0.874. The Bertz CT molecular complexity index is 886. The van der Waals surface area contributed by atoms with Gasteiger partial charge in [-0.25, -0.2) is 4.79 Å². The third-order valence-corrected chi connectivity index (χ3v) is 5.97. The van der Waals surface area contributed by atoms with Crippen LogP contribution < -0.4 is 9.47 Å². The first kappa shape index (κ1) is 18.0. The third kappa shape index (κ3) is 3.43. The van der Waals surface area contributed by atoms with Gasteiger partial charge in [-0.3, -0.25) is 14.5 Å². The average Bonchev–Trinajstić information content (AvgIpc) is 3.37. The van der Waals surface area contributed by atoms with Crippen LogP contribution in [0.2, 0.25) is 0 Å². The zero-order chi connectivity index (χ0) is 20.0. The lowest BCUT2D eigenvalue weighted by Crippen LogP contribution is -2.47. The van der Waals surface area contributed by atoms with Crippen molar-refractivity contribution in [2.24, 2.45) is 0 Å². The number of hydrogen-bond donors (Lipinski definition) is 0. The van der Waals surface area contributed by atoms with Crippen LogP contribution in [0.5, 0.6) is 11.5 Å². The first-order chi connectivity index (χ1) is 14.1. The molecule has 0 spiro atoms. The highest BCUT2D eigenvalue weighted by Crippen LogP contribution is 2.33. The Morgan fingerprint density at radius 1 is 1.00 bits per heavy atom. The van der Waals surface area contributed by atoms with Gasteiger partial charge in [-0.05, 0) is 49.5 Å². The molecule has 3 heterocycles. The summed E-state index contributed by atoms with van der Waals surface area (Å²) >= 11 is 0. The first-order valence-electron chi connectivity index (χ1n) is 10.1. The van der Waals surface area contributed by atoms with E-state index in [2.05, 4.69) is 0 Å². The molecule has 1 aromatic rings. The number of fused-ring (bicyclic) bond motifs is 1. The van der Waals surface area contributed by atoms with E-state index in [9.17, 15) is 14.4 Å². The Hall–Kier alpha value is -3.03. The van der Waals surface area contributed by atoms with Crippen molar-refractivity contribution in [1.82, 2.24) is 14.7 Å². The molecule has 5 rings (SSSR count). The lowest BCUT2D eigenvalue weighted by atomic mass is 10.0. The SMILES string of the molecule is O=C(/C=C/c1ccc2c(c1)OCO2)N1CCC(N2CC(=O)N(C3CC3)C2=O)CC1. The summed E-state index contributed by atoms with van der Waals surface area (Å²) in [6.07, 6.45) is 6.58.